The molecule has 1 aromatic carbocycles. The van der Waals surface area contributed by atoms with Crippen molar-refractivity contribution in [2.24, 2.45) is 0 Å². The van der Waals surface area contributed by atoms with Gasteiger partial charge in [-0.1, -0.05) is 11.6 Å². The first kappa shape index (κ1) is 12.1. The average molecular weight is 257 g/mol. The van der Waals surface area contributed by atoms with Gasteiger partial charge in [0, 0.05) is 22.7 Å². The number of hydrogen-bond donors (Lipinski definition) is 2. The van der Waals surface area contributed by atoms with E-state index in [1.54, 1.807) is 0 Å². The average Bonchev–Trinajstić information content (AvgIpc) is 2.21. The Balaban J connectivity index is 2.31. The Bertz CT molecular complexity index is 395. The maximum Gasteiger partial charge on any atom is 0.0670 e. The Morgan fingerprint density at radius 2 is 2.25 bits per heavy atom. The summed E-state index contributed by atoms with van der Waals surface area (Å²) in [7, 11) is 1.99. The molecule has 1 aliphatic heterocycles. The molecule has 2 nitrogen and oxygen atoms in total. The fourth-order valence-electron chi connectivity index (χ4n) is 1.95. The highest BCUT2D eigenvalue weighted by Gasteiger charge is 2.26. The highest BCUT2D eigenvalue weighted by molar-refractivity contribution is 8.00. The molecule has 0 radical (unpaired) electrons. The van der Waals surface area contributed by atoms with Gasteiger partial charge in [0.15, 0.2) is 0 Å². The van der Waals surface area contributed by atoms with Crippen molar-refractivity contribution in [2.75, 3.05) is 18.9 Å². The number of hydrogen-bond acceptors (Lipinski definition) is 3. The molecule has 0 saturated heterocycles. The molecule has 0 bridgehead atoms. The van der Waals surface area contributed by atoms with E-state index >= 15 is 0 Å². The summed E-state index contributed by atoms with van der Waals surface area (Å²) in [5.41, 5.74) is 2.31. The number of aryl methyl sites for hydroxylation is 1. The Morgan fingerprint density at radius 1 is 1.50 bits per heavy atom. The first-order valence-corrected chi connectivity index (χ1v) is 6.75. The fourth-order valence-corrected chi connectivity index (χ4v) is 3.72. The lowest BCUT2D eigenvalue weighted by Crippen LogP contribution is -2.38. The summed E-state index contributed by atoms with van der Waals surface area (Å²) < 4.78 is 0. The van der Waals surface area contributed by atoms with Crippen molar-refractivity contribution in [3.8, 4) is 0 Å². The van der Waals surface area contributed by atoms with Gasteiger partial charge in [-0.3, -0.25) is 0 Å². The van der Waals surface area contributed by atoms with Gasteiger partial charge in [-0.05, 0) is 38.6 Å². The molecule has 88 valence electrons. The third-order valence-electron chi connectivity index (χ3n) is 2.81. The fraction of sp³-hybridized carbons (Fsp3) is 0.500. The van der Waals surface area contributed by atoms with Crippen LogP contribution in [0.4, 0.5) is 5.69 Å². The van der Waals surface area contributed by atoms with Crippen molar-refractivity contribution in [1.82, 2.24) is 5.32 Å². The number of thioether (sulfide) groups is 1. The van der Waals surface area contributed by atoms with E-state index in [1.807, 2.05) is 24.9 Å². The third kappa shape index (κ3) is 2.31. The minimum Gasteiger partial charge on any atom is -0.379 e. The van der Waals surface area contributed by atoms with Crippen molar-refractivity contribution in [3.63, 3.8) is 0 Å². The molecule has 16 heavy (non-hydrogen) atoms. The van der Waals surface area contributed by atoms with Crippen LogP contribution in [0.15, 0.2) is 17.0 Å². The van der Waals surface area contributed by atoms with E-state index in [1.165, 1.54) is 10.5 Å². The summed E-state index contributed by atoms with van der Waals surface area (Å²) in [6.45, 7) is 5.29. The zero-order valence-corrected chi connectivity index (χ0v) is 11.4. The summed E-state index contributed by atoms with van der Waals surface area (Å²) in [5, 5.41) is 8.11. The summed E-state index contributed by atoms with van der Waals surface area (Å²) in [5.74, 6) is 0. The minimum atomic E-state index is 0.435. The summed E-state index contributed by atoms with van der Waals surface area (Å²) in [4.78, 5) is 1.27. The molecule has 0 aromatic heterocycles. The van der Waals surface area contributed by atoms with Crippen LogP contribution in [0.5, 0.6) is 0 Å². The highest BCUT2D eigenvalue weighted by Crippen LogP contribution is 2.42. The van der Waals surface area contributed by atoms with Crippen LogP contribution in [-0.2, 0) is 0 Å². The first-order valence-electron chi connectivity index (χ1n) is 5.49. The SMILES string of the molecule is CNCC1Sc2cc(C)cc(Cl)c2NC1C. The Kier molecular flexibility index (Phi) is 3.67. The Morgan fingerprint density at radius 3 is 2.94 bits per heavy atom. The molecule has 0 saturated carbocycles. The summed E-state index contributed by atoms with van der Waals surface area (Å²) in [6, 6.07) is 4.65. The standard InChI is InChI=1S/C12H17ClN2S/c1-7-4-9(13)12-10(5-7)16-11(6-14-3)8(2)15-12/h4-5,8,11,14-15H,6H2,1-3H3. The number of rotatable bonds is 2. The van der Waals surface area contributed by atoms with Gasteiger partial charge in [-0.2, -0.15) is 0 Å². The number of nitrogens with one attached hydrogen (secondary N) is 2. The predicted molar refractivity (Wildman–Crippen MR) is 72.8 cm³/mol. The minimum absolute atomic E-state index is 0.435. The van der Waals surface area contributed by atoms with Crippen LogP contribution in [0.1, 0.15) is 12.5 Å². The smallest absolute Gasteiger partial charge is 0.0670 e. The van der Waals surface area contributed by atoms with Gasteiger partial charge in [0.25, 0.3) is 0 Å². The van der Waals surface area contributed by atoms with Crippen molar-refractivity contribution in [3.05, 3.63) is 22.7 Å². The molecule has 0 aliphatic carbocycles. The van der Waals surface area contributed by atoms with E-state index in [2.05, 4.69) is 30.5 Å². The van der Waals surface area contributed by atoms with E-state index in [0.29, 0.717) is 11.3 Å². The van der Waals surface area contributed by atoms with Gasteiger partial charge < -0.3 is 10.6 Å². The molecule has 4 heteroatoms. The van der Waals surface area contributed by atoms with Crippen LogP contribution in [0.2, 0.25) is 5.02 Å². The van der Waals surface area contributed by atoms with Crippen LogP contribution >= 0.6 is 23.4 Å². The number of benzene rings is 1. The molecule has 0 spiro atoms. The molecule has 0 amide bonds. The van der Waals surface area contributed by atoms with Gasteiger partial charge >= 0.3 is 0 Å². The van der Waals surface area contributed by atoms with E-state index in [0.717, 1.165) is 17.3 Å². The molecule has 2 atom stereocenters. The molecule has 2 rings (SSSR count). The van der Waals surface area contributed by atoms with E-state index in [9.17, 15) is 0 Å². The molecular formula is C12H17ClN2S. The second kappa shape index (κ2) is 4.86. The van der Waals surface area contributed by atoms with E-state index in [4.69, 9.17) is 11.6 Å². The van der Waals surface area contributed by atoms with Crippen LogP contribution in [-0.4, -0.2) is 24.9 Å². The molecule has 1 aliphatic rings. The Hall–Kier alpha value is -0.380. The molecule has 1 aromatic rings. The van der Waals surface area contributed by atoms with Crippen molar-refractivity contribution < 1.29 is 0 Å². The zero-order valence-electron chi connectivity index (χ0n) is 9.80. The second-order valence-corrected chi connectivity index (χ2v) is 5.96. The molecule has 2 unspecified atom stereocenters. The maximum absolute atomic E-state index is 6.25. The van der Waals surface area contributed by atoms with E-state index < -0.39 is 0 Å². The highest BCUT2D eigenvalue weighted by atomic mass is 35.5. The predicted octanol–water partition coefficient (Wildman–Crippen LogP) is 3.14. The van der Waals surface area contributed by atoms with Gasteiger partial charge in [-0.15, -0.1) is 11.8 Å². The van der Waals surface area contributed by atoms with Crippen LogP contribution < -0.4 is 10.6 Å². The third-order valence-corrected chi connectivity index (χ3v) is 4.56. The topological polar surface area (TPSA) is 24.1 Å². The molecule has 0 fully saturated rings. The maximum atomic E-state index is 6.25. The lowest BCUT2D eigenvalue weighted by atomic mass is 10.1. The Labute approximate surface area is 106 Å². The van der Waals surface area contributed by atoms with Crippen molar-refractivity contribution in [2.45, 2.75) is 30.0 Å². The molecule has 1 heterocycles. The van der Waals surface area contributed by atoms with Gasteiger partial charge in [-0.25, -0.2) is 0 Å². The monoisotopic (exact) mass is 256 g/mol. The van der Waals surface area contributed by atoms with Gasteiger partial charge in [0.05, 0.1) is 10.7 Å². The summed E-state index contributed by atoms with van der Waals surface area (Å²) in [6.07, 6.45) is 0. The van der Waals surface area contributed by atoms with Crippen molar-refractivity contribution in [1.29, 1.82) is 0 Å². The van der Waals surface area contributed by atoms with Crippen molar-refractivity contribution >= 4 is 29.1 Å². The van der Waals surface area contributed by atoms with Gasteiger partial charge in [0.2, 0.25) is 0 Å². The largest absolute Gasteiger partial charge is 0.379 e. The first-order chi connectivity index (χ1) is 7.61. The van der Waals surface area contributed by atoms with Crippen LogP contribution in [0.3, 0.4) is 0 Å². The zero-order chi connectivity index (χ0) is 11.7. The summed E-state index contributed by atoms with van der Waals surface area (Å²) >= 11 is 8.15. The number of halogens is 1. The quantitative estimate of drug-likeness (QED) is 0.850. The number of anilines is 1. The van der Waals surface area contributed by atoms with Crippen LogP contribution in [0.25, 0.3) is 0 Å². The lowest BCUT2D eigenvalue weighted by molar-refractivity contribution is 0.665. The normalized spacial score (nSPS) is 23.8. The molecular weight excluding hydrogens is 240 g/mol. The van der Waals surface area contributed by atoms with Gasteiger partial charge in [0.1, 0.15) is 0 Å². The van der Waals surface area contributed by atoms with Crippen LogP contribution in [0, 0.1) is 6.92 Å². The lowest BCUT2D eigenvalue weighted by Gasteiger charge is -2.32. The number of fused-ring (bicyclic) bond motifs is 1. The molecule has 2 N–H and O–H groups in total. The second-order valence-electron chi connectivity index (χ2n) is 4.27. The van der Waals surface area contributed by atoms with E-state index in [-0.39, 0.29) is 0 Å².